The Labute approximate surface area is 153 Å². The average molecular weight is 355 g/mol. The summed E-state index contributed by atoms with van der Waals surface area (Å²) in [7, 11) is 0. The Morgan fingerprint density at radius 1 is 1.23 bits per heavy atom. The molecule has 7 nitrogen and oxygen atoms in total. The lowest BCUT2D eigenvalue weighted by atomic mass is 10.1. The van der Waals surface area contributed by atoms with Gasteiger partial charge in [0.1, 0.15) is 0 Å². The summed E-state index contributed by atoms with van der Waals surface area (Å²) in [4.78, 5) is 23.0. The highest BCUT2D eigenvalue weighted by Gasteiger charge is 2.23. The molecular formula is C19H25N5O2. The molecule has 1 aliphatic heterocycles. The number of piperidine rings is 1. The van der Waals surface area contributed by atoms with Crippen molar-refractivity contribution in [3.63, 3.8) is 0 Å². The summed E-state index contributed by atoms with van der Waals surface area (Å²) in [5.74, 6) is 0.691. The smallest absolute Gasteiger partial charge is 0.315 e. The number of hydrogen-bond acceptors (Lipinski definition) is 5. The molecule has 1 saturated heterocycles. The standard InChI is InChI=1S/C19H25N5O2/c25-14-17(12-15-6-2-1-3-7-15)23-19(26)22-16-8-4-11-24(13-16)18-20-9-5-10-21-18/h1-3,5-7,9-10,16-17,25H,4,8,11-14H2,(H2,22,23,26)/t16-,17+/m1/s1. The molecule has 7 heteroatoms. The molecule has 1 aromatic heterocycles. The topological polar surface area (TPSA) is 90.4 Å². The number of benzene rings is 1. The Bertz CT molecular complexity index is 683. The first-order valence-electron chi connectivity index (χ1n) is 8.98. The number of aromatic nitrogens is 2. The minimum Gasteiger partial charge on any atom is -0.394 e. The highest BCUT2D eigenvalue weighted by atomic mass is 16.3. The average Bonchev–Trinajstić information content (AvgIpc) is 2.69. The Morgan fingerprint density at radius 2 is 2.00 bits per heavy atom. The second-order valence-corrected chi connectivity index (χ2v) is 6.52. The van der Waals surface area contributed by atoms with Gasteiger partial charge in [-0.15, -0.1) is 0 Å². The summed E-state index contributed by atoms with van der Waals surface area (Å²) in [6.45, 7) is 1.47. The highest BCUT2D eigenvalue weighted by molar-refractivity contribution is 5.74. The fourth-order valence-electron chi connectivity index (χ4n) is 3.20. The SMILES string of the molecule is O=C(N[C@H](CO)Cc1ccccc1)N[C@@H]1CCCN(c2ncccn2)C1. The summed E-state index contributed by atoms with van der Waals surface area (Å²) < 4.78 is 0. The van der Waals surface area contributed by atoms with Crippen molar-refractivity contribution in [2.24, 2.45) is 0 Å². The van der Waals surface area contributed by atoms with Crippen LogP contribution in [-0.4, -0.2) is 52.9 Å². The van der Waals surface area contributed by atoms with E-state index in [4.69, 9.17) is 0 Å². The van der Waals surface area contributed by atoms with Crippen molar-refractivity contribution in [1.82, 2.24) is 20.6 Å². The van der Waals surface area contributed by atoms with Gasteiger partial charge < -0.3 is 20.6 Å². The maximum atomic E-state index is 12.3. The van der Waals surface area contributed by atoms with Crippen LogP contribution in [-0.2, 0) is 6.42 Å². The molecule has 3 rings (SSSR count). The Hall–Kier alpha value is -2.67. The first-order valence-corrected chi connectivity index (χ1v) is 8.98. The molecular weight excluding hydrogens is 330 g/mol. The van der Waals surface area contributed by atoms with Gasteiger partial charge in [0.2, 0.25) is 5.95 Å². The molecule has 0 aliphatic carbocycles. The van der Waals surface area contributed by atoms with Crippen LogP contribution in [0.4, 0.5) is 10.7 Å². The van der Waals surface area contributed by atoms with Gasteiger partial charge in [-0.2, -0.15) is 0 Å². The van der Waals surface area contributed by atoms with Gasteiger partial charge in [0.15, 0.2) is 0 Å². The number of aliphatic hydroxyl groups is 1. The van der Waals surface area contributed by atoms with Crippen LogP contribution in [0.5, 0.6) is 0 Å². The van der Waals surface area contributed by atoms with Crippen LogP contribution in [0.2, 0.25) is 0 Å². The molecule has 2 atom stereocenters. The molecule has 3 N–H and O–H groups in total. The summed E-state index contributed by atoms with van der Waals surface area (Å²) in [6, 6.07) is 11.1. The van der Waals surface area contributed by atoms with Gasteiger partial charge in [0.05, 0.1) is 12.6 Å². The number of urea groups is 1. The predicted octanol–water partition coefficient (Wildman–Crippen LogP) is 1.35. The highest BCUT2D eigenvalue weighted by Crippen LogP contribution is 2.15. The fraction of sp³-hybridized carbons (Fsp3) is 0.421. The van der Waals surface area contributed by atoms with Crippen molar-refractivity contribution in [2.75, 3.05) is 24.6 Å². The van der Waals surface area contributed by atoms with E-state index in [-0.39, 0.29) is 24.7 Å². The van der Waals surface area contributed by atoms with Crippen molar-refractivity contribution in [3.05, 3.63) is 54.4 Å². The van der Waals surface area contributed by atoms with Crippen LogP contribution in [0, 0.1) is 0 Å². The molecule has 0 saturated carbocycles. The van der Waals surface area contributed by atoms with Crippen molar-refractivity contribution in [2.45, 2.75) is 31.3 Å². The first-order chi connectivity index (χ1) is 12.7. The minimum atomic E-state index is -0.311. The molecule has 0 radical (unpaired) electrons. The zero-order valence-electron chi connectivity index (χ0n) is 14.7. The van der Waals surface area contributed by atoms with Crippen molar-refractivity contribution in [3.8, 4) is 0 Å². The summed E-state index contributed by atoms with van der Waals surface area (Å²) in [5.41, 5.74) is 1.08. The third-order valence-corrected chi connectivity index (χ3v) is 4.47. The number of nitrogens with one attached hydrogen (secondary N) is 2. The maximum absolute atomic E-state index is 12.3. The van der Waals surface area contributed by atoms with Crippen LogP contribution >= 0.6 is 0 Å². The Morgan fingerprint density at radius 3 is 2.73 bits per heavy atom. The Balaban J connectivity index is 1.50. The van der Waals surface area contributed by atoms with Crippen LogP contribution in [0.1, 0.15) is 18.4 Å². The van der Waals surface area contributed by atoms with Gasteiger partial charge >= 0.3 is 6.03 Å². The number of rotatable bonds is 6. The van der Waals surface area contributed by atoms with E-state index in [2.05, 4.69) is 25.5 Å². The van der Waals surface area contributed by atoms with Crippen LogP contribution in [0.3, 0.4) is 0 Å². The molecule has 26 heavy (non-hydrogen) atoms. The number of carbonyl (C=O) groups is 1. The molecule has 1 aliphatic rings. The fourth-order valence-corrected chi connectivity index (χ4v) is 3.20. The van der Waals surface area contributed by atoms with E-state index in [0.717, 1.165) is 24.9 Å². The quantitative estimate of drug-likeness (QED) is 0.728. The second-order valence-electron chi connectivity index (χ2n) is 6.52. The molecule has 2 aromatic rings. The number of amides is 2. The number of anilines is 1. The van der Waals surface area contributed by atoms with E-state index >= 15 is 0 Å². The summed E-state index contributed by atoms with van der Waals surface area (Å²) in [6.07, 6.45) is 5.93. The van der Waals surface area contributed by atoms with Gasteiger partial charge in [-0.25, -0.2) is 14.8 Å². The zero-order chi connectivity index (χ0) is 18.2. The normalized spacial score (nSPS) is 18.2. The second kappa shape index (κ2) is 9.15. The van der Waals surface area contributed by atoms with E-state index in [9.17, 15) is 9.90 Å². The zero-order valence-corrected chi connectivity index (χ0v) is 14.7. The lowest BCUT2D eigenvalue weighted by Crippen LogP contribution is -2.53. The van der Waals surface area contributed by atoms with Gasteiger partial charge in [-0.05, 0) is 30.9 Å². The predicted molar refractivity (Wildman–Crippen MR) is 100.0 cm³/mol. The van der Waals surface area contributed by atoms with E-state index in [1.165, 1.54) is 0 Å². The van der Waals surface area contributed by atoms with E-state index in [1.807, 2.05) is 30.3 Å². The first kappa shape index (κ1) is 18.1. The molecule has 2 amide bonds. The number of aliphatic hydroxyl groups excluding tert-OH is 1. The van der Waals surface area contributed by atoms with Crippen LogP contribution < -0.4 is 15.5 Å². The van der Waals surface area contributed by atoms with Gasteiger partial charge in [-0.1, -0.05) is 30.3 Å². The van der Waals surface area contributed by atoms with Crippen LogP contribution in [0.25, 0.3) is 0 Å². The largest absolute Gasteiger partial charge is 0.394 e. The number of carbonyl (C=O) groups excluding carboxylic acids is 1. The number of hydrogen-bond donors (Lipinski definition) is 3. The molecule has 138 valence electrons. The van der Waals surface area contributed by atoms with Crippen molar-refractivity contribution in [1.29, 1.82) is 0 Å². The Kier molecular flexibility index (Phi) is 6.38. The van der Waals surface area contributed by atoms with E-state index in [1.54, 1.807) is 18.5 Å². The summed E-state index contributed by atoms with van der Waals surface area (Å²) in [5, 5.41) is 15.4. The third kappa shape index (κ3) is 5.16. The van der Waals surface area contributed by atoms with Gasteiger partial charge in [0, 0.05) is 31.5 Å². The molecule has 1 aromatic carbocycles. The molecule has 0 unspecified atom stereocenters. The van der Waals surface area contributed by atoms with Crippen LogP contribution in [0.15, 0.2) is 48.8 Å². The third-order valence-electron chi connectivity index (χ3n) is 4.47. The number of nitrogens with zero attached hydrogens (tertiary/aromatic N) is 3. The molecule has 1 fully saturated rings. The lowest BCUT2D eigenvalue weighted by Gasteiger charge is -2.33. The van der Waals surface area contributed by atoms with Crippen molar-refractivity contribution < 1.29 is 9.90 Å². The summed E-state index contributed by atoms with van der Waals surface area (Å²) >= 11 is 0. The lowest BCUT2D eigenvalue weighted by molar-refractivity contribution is 0.211. The van der Waals surface area contributed by atoms with Gasteiger partial charge in [-0.3, -0.25) is 0 Å². The minimum absolute atomic E-state index is 0.0311. The molecule has 2 heterocycles. The van der Waals surface area contributed by atoms with Gasteiger partial charge in [0.25, 0.3) is 0 Å². The monoisotopic (exact) mass is 355 g/mol. The van der Waals surface area contributed by atoms with Crippen molar-refractivity contribution >= 4 is 12.0 Å². The maximum Gasteiger partial charge on any atom is 0.315 e. The van der Waals surface area contributed by atoms with E-state index < -0.39 is 0 Å². The molecule has 0 bridgehead atoms. The molecule has 0 spiro atoms. The van der Waals surface area contributed by atoms with E-state index in [0.29, 0.717) is 18.9 Å².